The highest BCUT2D eigenvalue weighted by molar-refractivity contribution is 6.29. The number of ether oxygens (including phenoxy) is 1. The molecule has 9 nitrogen and oxygen atoms in total. The Morgan fingerprint density at radius 2 is 2.00 bits per heavy atom. The third-order valence-electron chi connectivity index (χ3n) is 5.37. The Morgan fingerprint density at radius 1 is 1.26 bits per heavy atom. The first-order valence-corrected chi connectivity index (χ1v) is 10.7. The number of nitriles is 1. The highest BCUT2D eigenvalue weighted by atomic mass is 35.5. The molecule has 0 radical (unpaired) electrons. The number of hydrogen-bond donors (Lipinski definition) is 2. The van der Waals surface area contributed by atoms with Gasteiger partial charge in [-0.2, -0.15) is 5.26 Å². The Morgan fingerprint density at radius 3 is 2.65 bits per heavy atom. The molecule has 1 aliphatic heterocycles. The number of anilines is 2. The lowest BCUT2D eigenvalue weighted by molar-refractivity contribution is 0.0691. The number of fused-ring (bicyclic) bond motifs is 1. The van der Waals surface area contributed by atoms with Crippen LogP contribution in [0.3, 0.4) is 0 Å². The van der Waals surface area contributed by atoms with Crippen LogP contribution >= 0.6 is 11.6 Å². The summed E-state index contributed by atoms with van der Waals surface area (Å²) in [5.74, 6) is -0.952. The number of alkyl halides is 2. The van der Waals surface area contributed by atoms with E-state index in [2.05, 4.69) is 20.3 Å². The lowest BCUT2D eigenvalue weighted by atomic mass is 10.0. The standard InChI is InChI=1S/C22H19ClF2N6O3/c1-11(27-14-2-3-17(23)29-19(14)22(32)33)13-8-12(20(24)25)9-15-18(13)30-21(16(10-26)28-15)31-4-6-34-7-5-31/h2-3,8-9,11,20,27H,4-7H2,1H3,(H,32,33)/t11-/m1/s1. The number of rotatable bonds is 6. The van der Waals surface area contributed by atoms with Crippen molar-refractivity contribution in [2.24, 2.45) is 0 Å². The first-order valence-electron chi connectivity index (χ1n) is 10.3. The average molecular weight is 489 g/mol. The fourth-order valence-corrected chi connectivity index (χ4v) is 3.90. The second-order valence-corrected chi connectivity index (χ2v) is 7.97. The van der Waals surface area contributed by atoms with Crippen LogP contribution in [0.2, 0.25) is 5.15 Å². The second-order valence-electron chi connectivity index (χ2n) is 7.59. The van der Waals surface area contributed by atoms with Crippen molar-refractivity contribution in [2.45, 2.75) is 19.4 Å². The monoisotopic (exact) mass is 488 g/mol. The number of pyridine rings is 1. The van der Waals surface area contributed by atoms with Crippen molar-refractivity contribution in [2.75, 3.05) is 36.5 Å². The molecule has 0 amide bonds. The summed E-state index contributed by atoms with van der Waals surface area (Å²) in [5, 5.41) is 22.1. The van der Waals surface area contributed by atoms with Crippen LogP contribution in [0, 0.1) is 11.3 Å². The van der Waals surface area contributed by atoms with Crippen molar-refractivity contribution in [1.29, 1.82) is 5.26 Å². The van der Waals surface area contributed by atoms with Crippen LogP contribution in [-0.4, -0.2) is 52.3 Å². The van der Waals surface area contributed by atoms with Gasteiger partial charge in [-0.05, 0) is 31.2 Å². The largest absolute Gasteiger partial charge is 0.476 e. The molecule has 1 aliphatic rings. The lowest BCUT2D eigenvalue weighted by Crippen LogP contribution is -2.37. The number of halogens is 3. The molecule has 176 valence electrons. The Kier molecular flexibility index (Phi) is 6.72. The van der Waals surface area contributed by atoms with E-state index in [0.717, 1.165) is 0 Å². The van der Waals surface area contributed by atoms with E-state index in [1.54, 1.807) is 6.92 Å². The molecule has 3 heterocycles. The molecule has 3 aromatic rings. The topological polar surface area (TPSA) is 124 Å². The summed E-state index contributed by atoms with van der Waals surface area (Å²) in [4.78, 5) is 26.3. The van der Waals surface area contributed by atoms with E-state index in [-0.39, 0.29) is 33.3 Å². The van der Waals surface area contributed by atoms with Crippen molar-refractivity contribution in [3.8, 4) is 6.07 Å². The van der Waals surface area contributed by atoms with Gasteiger partial charge in [-0.3, -0.25) is 0 Å². The van der Waals surface area contributed by atoms with Gasteiger partial charge in [-0.1, -0.05) is 11.6 Å². The molecule has 12 heteroatoms. The molecule has 0 spiro atoms. The number of nitrogens with zero attached hydrogens (tertiary/aromatic N) is 5. The zero-order chi connectivity index (χ0) is 24.4. The summed E-state index contributed by atoms with van der Waals surface area (Å²) in [6.07, 6.45) is -2.78. The van der Waals surface area contributed by atoms with Gasteiger partial charge in [0.2, 0.25) is 0 Å². The van der Waals surface area contributed by atoms with E-state index < -0.39 is 18.4 Å². The summed E-state index contributed by atoms with van der Waals surface area (Å²) in [7, 11) is 0. The minimum absolute atomic E-state index is 0.00537. The molecule has 34 heavy (non-hydrogen) atoms. The van der Waals surface area contributed by atoms with E-state index in [1.165, 1.54) is 24.3 Å². The number of nitrogens with one attached hydrogen (secondary N) is 1. The van der Waals surface area contributed by atoms with Crippen molar-refractivity contribution in [3.63, 3.8) is 0 Å². The minimum atomic E-state index is -2.78. The third-order valence-corrected chi connectivity index (χ3v) is 5.58. The van der Waals surface area contributed by atoms with Crippen LogP contribution in [0.5, 0.6) is 0 Å². The van der Waals surface area contributed by atoms with Gasteiger partial charge in [0.1, 0.15) is 11.2 Å². The molecule has 1 atom stereocenters. The second kappa shape index (κ2) is 9.70. The van der Waals surface area contributed by atoms with Gasteiger partial charge in [-0.25, -0.2) is 28.5 Å². The molecule has 0 aliphatic carbocycles. The summed E-state index contributed by atoms with van der Waals surface area (Å²) >= 11 is 5.82. The summed E-state index contributed by atoms with van der Waals surface area (Å²) in [6.45, 7) is 3.61. The number of carbonyl (C=O) groups is 1. The van der Waals surface area contributed by atoms with Gasteiger partial charge >= 0.3 is 5.97 Å². The van der Waals surface area contributed by atoms with Crippen molar-refractivity contribution < 1.29 is 23.4 Å². The molecule has 0 saturated carbocycles. The quantitative estimate of drug-likeness (QED) is 0.491. The number of aromatic carboxylic acids is 1. The summed E-state index contributed by atoms with van der Waals surface area (Å²) < 4.78 is 32.7. The zero-order valence-corrected chi connectivity index (χ0v) is 18.7. The third kappa shape index (κ3) is 4.69. The highest BCUT2D eigenvalue weighted by Gasteiger charge is 2.24. The molecular weight excluding hydrogens is 470 g/mol. The van der Waals surface area contributed by atoms with Crippen molar-refractivity contribution in [1.82, 2.24) is 15.0 Å². The number of morpholine rings is 1. The molecular formula is C22H19ClF2N6O3. The molecule has 2 aromatic heterocycles. The van der Waals surface area contributed by atoms with Gasteiger partial charge in [-0.15, -0.1) is 0 Å². The van der Waals surface area contributed by atoms with E-state index >= 15 is 0 Å². The smallest absolute Gasteiger partial charge is 0.356 e. The van der Waals surface area contributed by atoms with Crippen LogP contribution in [0.4, 0.5) is 20.3 Å². The number of benzene rings is 1. The van der Waals surface area contributed by atoms with E-state index in [9.17, 15) is 23.9 Å². The fraction of sp³-hybridized carbons (Fsp3) is 0.318. The molecule has 0 bridgehead atoms. The first kappa shape index (κ1) is 23.5. The Hall–Kier alpha value is -3.62. The van der Waals surface area contributed by atoms with Gasteiger partial charge in [0.15, 0.2) is 17.2 Å². The van der Waals surface area contributed by atoms with Crippen LogP contribution < -0.4 is 10.2 Å². The predicted molar refractivity (Wildman–Crippen MR) is 120 cm³/mol. The minimum Gasteiger partial charge on any atom is -0.476 e. The fourth-order valence-electron chi connectivity index (χ4n) is 3.75. The number of aromatic nitrogens is 3. The first-order chi connectivity index (χ1) is 16.3. The van der Waals surface area contributed by atoms with Gasteiger partial charge in [0, 0.05) is 24.2 Å². The van der Waals surface area contributed by atoms with Crippen LogP contribution in [0.25, 0.3) is 11.0 Å². The van der Waals surface area contributed by atoms with E-state index in [1.807, 2.05) is 11.0 Å². The normalized spacial score (nSPS) is 14.8. The van der Waals surface area contributed by atoms with Gasteiger partial charge in [0.05, 0.1) is 36.0 Å². The molecule has 2 N–H and O–H groups in total. The van der Waals surface area contributed by atoms with E-state index in [4.69, 9.17) is 16.3 Å². The SMILES string of the molecule is C[C@@H](Nc1ccc(Cl)nc1C(=O)O)c1cc(C(F)F)cc2nc(C#N)c(N3CCOCC3)nc12. The predicted octanol–water partition coefficient (Wildman–Crippen LogP) is 4.20. The Bertz CT molecular complexity index is 1290. The van der Waals surface area contributed by atoms with Crippen molar-refractivity contribution >= 4 is 40.1 Å². The van der Waals surface area contributed by atoms with Gasteiger partial charge in [0.25, 0.3) is 6.43 Å². The zero-order valence-electron chi connectivity index (χ0n) is 17.9. The molecule has 4 rings (SSSR count). The molecule has 1 saturated heterocycles. The Labute approximate surface area is 198 Å². The highest BCUT2D eigenvalue weighted by Crippen LogP contribution is 2.33. The number of carboxylic acid groups (broad SMARTS) is 1. The lowest BCUT2D eigenvalue weighted by Gasteiger charge is -2.28. The number of carboxylic acids is 1. The summed E-state index contributed by atoms with van der Waals surface area (Å²) in [5.41, 5.74) is 0.427. The maximum atomic E-state index is 13.7. The van der Waals surface area contributed by atoms with Crippen LogP contribution in [-0.2, 0) is 4.74 Å². The molecule has 1 aromatic carbocycles. The van der Waals surface area contributed by atoms with Gasteiger partial charge < -0.3 is 20.1 Å². The maximum Gasteiger partial charge on any atom is 0.356 e. The summed E-state index contributed by atoms with van der Waals surface area (Å²) in [6, 6.07) is 6.72. The van der Waals surface area contributed by atoms with Crippen molar-refractivity contribution in [3.05, 3.63) is 51.9 Å². The Balaban J connectivity index is 1.85. The molecule has 0 unspecified atom stereocenters. The molecule has 1 fully saturated rings. The maximum absolute atomic E-state index is 13.7. The van der Waals surface area contributed by atoms with Crippen LogP contribution in [0.1, 0.15) is 46.7 Å². The van der Waals surface area contributed by atoms with Crippen LogP contribution in [0.15, 0.2) is 24.3 Å². The average Bonchev–Trinajstić information content (AvgIpc) is 2.83. The van der Waals surface area contributed by atoms with E-state index in [0.29, 0.717) is 43.2 Å². The number of hydrogen-bond acceptors (Lipinski definition) is 8.